The van der Waals surface area contributed by atoms with Crippen molar-refractivity contribution in [3.05, 3.63) is 79.7 Å². The molecule has 3 aromatic rings. The van der Waals surface area contributed by atoms with Crippen LogP contribution in [0.25, 0.3) is 0 Å². The zero-order valence-electron chi connectivity index (χ0n) is 14.8. The molecule has 0 saturated heterocycles. The fourth-order valence-corrected chi connectivity index (χ4v) is 5.34. The zero-order valence-corrected chi connectivity index (χ0v) is 16.4. The number of nitrogens with one attached hydrogen (secondary N) is 1. The molecule has 1 amide bonds. The van der Waals surface area contributed by atoms with E-state index in [4.69, 9.17) is 0 Å². The molecule has 134 valence electrons. The first-order chi connectivity index (χ1) is 12.7. The molecule has 0 bridgehead atoms. The molecule has 5 heteroatoms. The van der Waals surface area contributed by atoms with Crippen molar-refractivity contribution >= 4 is 28.6 Å². The number of amides is 1. The summed E-state index contributed by atoms with van der Waals surface area (Å²) in [5.74, 6) is 0.0912. The van der Waals surface area contributed by atoms with Crippen LogP contribution in [0.3, 0.4) is 0 Å². The molecule has 1 aromatic carbocycles. The van der Waals surface area contributed by atoms with Crippen LogP contribution in [0.1, 0.15) is 32.5 Å². The Morgan fingerprint density at radius 1 is 1.15 bits per heavy atom. The summed E-state index contributed by atoms with van der Waals surface area (Å²) in [4.78, 5) is 17.7. The Bertz CT molecular complexity index is 885. The molecule has 3 heterocycles. The number of carbonyl (C=O) groups excluding carboxylic acids is 1. The molecule has 0 radical (unpaired) electrons. The van der Waals surface area contributed by atoms with Crippen LogP contribution in [0.5, 0.6) is 0 Å². The van der Waals surface area contributed by atoms with Crippen LogP contribution >= 0.6 is 22.7 Å². The largest absolute Gasteiger partial charge is 0.351 e. The number of hydrogen-bond donors (Lipinski definition) is 1. The standard InChI is InChI=1S/C21H22N2OS2/c1-15-5-2-3-6-16(15)13-22-20(24)14-23-10-8-18-17(9-12-26-18)21(23)19-7-4-11-25-19/h2-7,9,11-12,21H,8,10,13-14H2,1H3,(H,22,24)/t21-/m0/s1. The summed E-state index contributed by atoms with van der Waals surface area (Å²) in [5.41, 5.74) is 3.76. The molecule has 0 spiro atoms. The number of nitrogens with zero attached hydrogens (tertiary/aromatic N) is 1. The van der Waals surface area contributed by atoms with E-state index < -0.39 is 0 Å². The number of hydrogen-bond acceptors (Lipinski definition) is 4. The van der Waals surface area contributed by atoms with Crippen LogP contribution in [-0.2, 0) is 17.8 Å². The van der Waals surface area contributed by atoms with Gasteiger partial charge in [-0.25, -0.2) is 0 Å². The van der Waals surface area contributed by atoms with Gasteiger partial charge in [0, 0.05) is 22.8 Å². The molecule has 26 heavy (non-hydrogen) atoms. The van der Waals surface area contributed by atoms with Crippen LogP contribution in [0.4, 0.5) is 0 Å². The van der Waals surface area contributed by atoms with Crippen LogP contribution in [0.15, 0.2) is 53.2 Å². The predicted octanol–water partition coefficient (Wildman–Crippen LogP) is 4.38. The fraction of sp³-hybridized carbons (Fsp3) is 0.286. The van der Waals surface area contributed by atoms with Crippen molar-refractivity contribution in [3.63, 3.8) is 0 Å². The van der Waals surface area contributed by atoms with Gasteiger partial charge in [-0.2, -0.15) is 0 Å². The first-order valence-corrected chi connectivity index (χ1v) is 10.6. The van der Waals surface area contributed by atoms with Crippen LogP contribution < -0.4 is 5.32 Å². The van der Waals surface area contributed by atoms with Crippen molar-refractivity contribution in [1.82, 2.24) is 10.2 Å². The lowest BCUT2D eigenvalue weighted by molar-refractivity contribution is -0.122. The third-order valence-electron chi connectivity index (χ3n) is 4.96. The lowest BCUT2D eigenvalue weighted by atomic mass is 9.98. The van der Waals surface area contributed by atoms with E-state index in [0.717, 1.165) is 13.0 Å². The summed E-state index contributed by atoms with van der Waals surface area (Å²) >= 11 is 3.60. The van der Waals surface area contributed by atoms with Gasteiger partial charge in [0.25, 0.3) is 0 Å². The Balaban J connectivity index is 1.46. The summed E-state index contributed by atoms with van der Waals surface area (Å²) in [6.45, 7) is 4.03. The van der Waals surface area contributed by atoms with E-state index in [2.05, 4.69) is 58.2 Å². The van der Waals surface area contributed by atoms with E-state index in [1.54, 1.807) is 11.3 Å². The minimum Gasteiger partial charge on any atom is -0.351 e. The third-order valence-corrected chi connectivity index (χ3v) is 6.88. The second-order valence-corrected chi connectivity index (χ2v) is 8.62. The SMILES string of the molecule is Cc1ccccc1CNC(=O)CN1CCc2sccc2[C@H]1c1cccs1. The number of fused-ring (bicyclic) bond motifs is 1. The molecular formula is C21H22N2OS2. The Hall–Kier alpha value is -1.95. The van der Waals surface area contributed by atoms with Crippen molar-refractivity contribution in [2.75, 3.05) is 13.1 Å². The summed E-state index contributed by atoms with van der Waals surface area (Å²) in [6, 6.07) is 14.9. The topological polar surface area (TPSA) is 32.3 Å². The highest BCUT2D eigenvalue weighted by Gasteiger charge is 2.31. The maximum Gasteiger partial charge on any atom is 0.234 e. The molecular weight excluding hydrogens is 360 g/mol. The van der Waals surface area contributed by atoms with Crippen LogP contribution in [-0.4, -0.2) is 23.9 Å². The zero-order chi connectivity index (χ0) is 17.9. The van der Waals surface area contributed by atoms with Gasteiger partial charge in [-0.05, 0) is 52.9 Å². The van der Waals surface area contributed by atoms with Crippen molar-refractivity contribution in [2.24, 2.45) is 0 Å². The second kappa shape index (κ2) is 7.74. The molecule has 0 unspecified atom stereocenters. The average molecular weight is 383 g/mol. The van der Waals surface area contributed by atoms with Crippen molar-refractivity contribution in [1.29, 1.82) is 0 Å². The van der Waals surface area contributed by atoms with Gasteiger partial charge in [-0.1, -0.05) is 30.3 Å². The predicted molar refractivity (Wildman–Crippen MR) is 109 cm³/mol. The van der Waals surface area contributed by atoms with E-state index in [0.29, 0.717) is 13.1 Å². The number of benzene rings is 1. The lowest BCUT2D eigenvalue weighted by Gasteiger charge is -2.34. The van der Waals surface area contributed by atoms with Gasteiger partial charge in [-0.15, -0.1) is 22.7 Å². The smallest absolute Gasteiger partial charge is 0.234 e. The first kappa shape index (κ1) is 17.5. The summed E-state index contributed by atoms with van der Waals surface area (Å²) in [7, 11) is 0. The number of carbonyl (C=O) groups is 1. The highest BCUT2D eigenvalue weighted by molar-refractivity contribution is 7.10. The molecule has 1 N–H and O–H groups in total. The van der Waals surface area contributed by atoms with E-state index in [1.165, 1.54) is 26.4 Å². The Labute approximate surface area is 162 Å². The van der Waals surface area contributed by atoms with Crippen molar-refractivity contribution in [2.45, 2.75) is 25.9 Å². The van der Waals surface area contributed by atoms with E-state index >= 15 is 0 Å². The Morgan fingerprint density at radius 3 is 2.85 bits per heavy atom. The Kier molecular flexibility index (Phi) is 5.20. The van der Waals surface area contributed by atoms with Gasteiger partial charge in [-0.3, -0.25) is 9.69 Å². The van der Waals surface area contributed by atoms with Gasteiger partial charge in [0.2, 0.25) is 5.91 Å². The molecule has 0 aliphatic carbocycles. The van der Waals surface area contributed by atoms with Crippen LogP contribution in [0.2, 0.25) is 0 Å². The number of thiophene rings is 2. The third kappa shape index (κ3) is 3.61. The van der Waals surface area contributed by atoms with Crippen molar-refractivity contribution < 1.29 is 4.79 Å². The molecule has 0 fully saturated rings. The molecule has 1 aliphatic heterocycles. The molecule has 0 saturated carbocycles. The minimum absolute atomic E-state index is 0.0912. The second-order valence-electron chi connectivity index (χ2n) is 6.64. The van der Waals surface area contributed by atoms with E-state index in [9.17, 15) is 4.79 Å². The Morgan fingerprint density at radius 2 is 2.04 bits per heavy atom. The summed E-state index contributed by atoms with van der Waals surface area (Å²) < 4.78 is 0. The first-order valence-electron chi connectivity index (χ1n) is 8.87. The van der Waals surface area contributed by atoms with Gasteiger partial charge in [0.05, 0.1) is 12.6 Å². The van der Waals surface area contributed by atoms with E-state index in [1.807, 2.05) is 23.5 Å². The monoisotopic (exact) mass is 382 g/mol. The highest BCUT2D eigenvalue weighted by atomic mass is 32.1. The number of aryl methyl sites for hydroxylation is 1. The van der Waals surface area contributed by atoms with Gasteiger partial charge >= 0.3 is 0 Å². The van der Waals surface area contributed by atoms with Crippen LogP contribution in [0, 0.1) is 6.92 Å². The van der Waals surface area contributed by atoms with Crippen molar-refractivity contribution in [3.8, 4) is 0 Å². The van der Waals surface area contributed by atoms with E-state index in [-0.39, 0.29) is 11.9 Å². The van der Waals surface area contributed by atoms with Gasteiger partial charge < -0.3 is 5.32 Å². The quantitative estimate of drug-likeness (QED) is 0.710. The highest BCUT2D eigenvalue weighted by Crippen LogP contribution is 2.39. The average Bonchev–Trinajstić information content (AvgIpc) is 3.32. The maximum atomic E-state index is 12.6. The molecule has 4 rings (SSSR count). The van der Waals surface area contributed by atoms with Gasteiger partial charge in [0.15, 0.2) is 0 Å². The summed E-state index contributed by atoms with van der Waals surface area (Å²) in [5, 5.41) is 7.39. The minimum atomic E-state index is 0.0912. The normalized spacial score (nSPS) is 17.0. The van der Waals surface area contributed by atoms with Gasteiger partial charge in [0.1, 0.15) is 0 Å². The maximum absolute atomic E-state index is 12.6. The number of rotatable bonds is 5. The molecule has 3 nitrogen and oxygen atoms in total. The summed E-state index contributed by atoms with van der Waals surface area (Å²) in [6.07, 6.45) is 1.03. The fourth-order valence-electron chi connectivity index (χ4n) is 3.56. The molecule has 1 aliphatic rings. The molecule has 1 atom stereocenters. The lowest BCUT2D eigenvalue weighted by Crippen LogP contribution is -2.42. The molecule has 2 aromatic heterocycles.